The molecule has 1 fully saturated rings. The van der Waals surface area contributed by atoms with Gasteiger partial charge in [0.25, 0.3) is 0 Å². The van der Waals surface area contributed by atoms with E-state index in [1.165, 1.54) is 6.42 Å². The molecule has 114 valence electrons. The van der Waals surface area contributed by atoms with Gasteiger partial charge in [0.15, 0.2) is 0 Å². The molecule has 4 nitrogen and oxygen atoms in total. The van der Waals surface area contributed by atoms with Crippen LogP contribution in [0.5, 0.6) is 0 Å². The third-order valence-corrected chi connectivity index (χ3v) is 3.86. The molecule has 1 aliphatic rings. The number of nitrogens with zero attached hydrogens (tertiary/aromatic N) is 1. The van der Waals surface area contributed by atoms with Gasteiger partial charge in [-0.2, -0.15) is 0 Å². The molecule has 1 aliphatic heterocycles. The highest BCUT2D eigenvalue weighted by molar-refractivity contribution is 6.33. The summed E-state index contributed by atoms with van der Waals surface area (Å²) in [5.41, 5.74) is 1.63. The number of carbonyl (C=O) groups is 1. The number of halogens is 1. The number of hydrogen-bond acceptors (Lipinski definition) is 3. The first-order chi connectivity index (χ1) is 10.1. The van der Waals surface area contributed by atoms with Gasteiger partial charge in [-0.1, -0.05) is 23.7 Å². The van der Waals surface area contributed by atoms with Gasteiger partial charge in [-0.15, -0.1) is 0 Å². The lowest BCUT2D eigenvalue weighted by molar-refractivity contribution is -0.131. The first kappa shape index (κ1) is 15.9. The van der Waals surface area contributed by atoms with Gasteiger partial charge in [0, 0.05) is 26.3 Å². The third kappa shape index (κ3) is 4.48. The second-order valence-electron chi connectivity index (χ2n) is 5.22. The highest BCUT2D eigenvalue weighted by atomic mass is 35.5. The second kappa shape index (κ2) is 7.48. The van der Waals surface area contributed by atoms with E-state index < -0.39 is 5.97 Å². The molecule has 21 heavy (non-hydrogen) atoms. The third-order valence-electron chi connectivity index (χ3n) is 3.56. The Labute approximate surface area is 130 Å². The van der Waals surface area contributed by atoms with E-state index in [9.17, 15) is 4.79 Å². The molecule has 0 spiro atoms. The molecule has 0 amide bonds. The normalized spacial score (nSPS) is 18.9. The molecular weight excluding hydrogens is 290 g/mol. The zero-order chi connectivity index (χ0) is 15.2. The zero-order valence-corrected chi connectivity index (χ0v) is 12.8. The summed E-state index contributed by atoms with van der Waals surface area (Å²) in [6, 6.07) is 5.49. The van der Waals surface area contributed by atoms with Crippen LogP contribution in [0.2, 0.25) is 5.02 Å². The number of para-hydroxylation sites is 1. The van der Waals surface area contributed by atoms with E-state index in [2.05, 4.69) is 0 Å². The Morgan fingerprint density at radius 2 is 2.33 bits per heavy atom. The lowest BCUT2D eigenvalue weighted by Gasteiger charge is -2.30. The van der Waals surface area contributed by atoms with Crippen molar-refractivity contribution in [2.24, 2.45) is 0 Å². The molecule has 1 aromatic rings. The number of carboxylic acid groups (broad SMARTS) is 1. The van der Waals surface area contributed by atoms with Crippen molar-refractivity contribution in [3.63, 3.8) is 0 Å². The van der Waals surface area contributed by atoms with Gasteiger partial charge in [0.05, 0.1) is 16.8 Å². The SMILES string of the molecule is CN(CC1CCCCO1)c1c(Cl)cccc1/C=C/C(=O)O. The van der Waals surface area contributed by atoms with Gasteiger partial charge in [-0.3, -0.25) is 0 Å². The Morgan fingerprint density at radius 3 is 3.00 bits per heavy atom. The number of benzene rings is 1. The molecule has 1 heterocycles. The standard InChI is InChI=1S/C16H20ClNO3/c1-18(11-13-6-2-3-10-21-13)16-12(8-9-15(19)20)5-4-7-14(16)17/h4-5,7-9,13H,2-3,6,10-11H2,1H3,(H,19,20)/b9-8+. The number of likely N-dealkylation sites (N-methyl/N-ethyl adjacent to an activating group) is 1. The maximum Gasteiger partial charge on any atom is 0.328 e. The van der Waals surface area contributed by atoms with E-state index in [1.807, 2.05) is 30.1 Å². The quantitative estimate of drug-likeness (QED) is 0.846. The van der Waals surface area contributed by atoms with Crippen LogP contribution >= 0.6 is 11.6 Å². The average molecular weight is 310 g/mol. The van der Waals surface area contributed by atoms with Crippen LogP contribution in [0.15, 0.2) is 24.3 Å². The number of ether oxygens (including phenoxy) is 1. The van der Waals surface area contributed by atoms with E-state index in [0.29, 0.717) is 5.02 Å². The van der Waals surface area contributed by atoms with Gasteiger partial charge >= 0.3 is 5.97 Å². The van der Waals surface area contributed by atoms with E-state index in [0.717, 1.165) is 43.3 Å². The monoisotopic (exact) mass is 309 g/mol. The molecule has 0 aliphatic carbocycles. The van der Waals surface area contributed by atoms with Crippen LogP contribution in [0.25, 0.3) is 6.08 Å². The highest BCUT2D eigenvalue weighted by Gasteiger charge is 2.18. The van der Waals surface area contributed by atoms with E-state index in [1.54, 1.807) is 6.08 Å². The summed E-state index contributed by atoms with van der Waals surface area (Å²) in [5, 5.41) is 9.39. The molecule has 5 heteroatoms. The number of aliphatic carboxylic acids is 1. The number of rotatable bonds is 5. The lowest BCUT2D eigenvalue weighted by atomic mass is 10.1. The number of anilines is 1. The zero-order valence-electron chi connectivity index (χ0n) is 12.1. The van der Waals surface area contributed by atoms with Crippen molar-refractivity contribution in [1.29, 1.82) is 0 Å². The molecule has 1 saturated heterocycles. The van der Waals surface area contributed by atoms with Crippen LogP contribution in [-0.4, -0.2) is 37.4 Å². The van der Waals surface area contributed by atoms with Gasteiger partial charge in [-0.05, 0) is 37.0 Å². The molecule has 1 unspecified atom stereocenters. The molecule has 2 rings (SSSR count). The van der Waals surface area contributed by atoms with Crippen molar-refractivity contribution in [3.8, 4) is 0 Å². The largest absolute Gasteiger partial charge is 0.478 e. The molecule has 1 aromatic carbocycles. The van der Waals surface area contributed by atoms with Crippen molar-refractivity contribution in [2.45, 2.75) is 25.4 Å². The number of carboxylic acids is 1. The van der Waals surface area contributed by atoms with Crippen molar-refractivity contribution >= 4 is 29.3 Å². The van der Waals surface area contributed by atoms with E-state index >= 15 is 0 Å². The van der Waals surface area contributed by atoms with Crippen LogP contribution < -0.4 is 4.90 Å². The van der Waals surface area contributed by atoms with Gasteiger partial charge in [0.2, 0.25) is 0 Å². The van der Waals surface area contributed by atoms with Crippen LogP contribution in [0.1, 0.15) is 24.8 Å². The smallest absolute Gasteiger partial charge is 0.328 e. The predicted molar refractivity (Wildman–Crippen MR) is 85.0 cm³/mol. The minimum Gasteiger partial charge on any atom is -0.478 e. The van der Waals surface area contributed by atoms with Gasteiger partial charge in [-0.25, -0.2) is 4.79 Å². The summed E-state index contributed by atoms with van der Waals surface area (Å²) in [5.74, 6) is -0.973. The highest BCUT2D eigenvalue weighted by Crippen LogP contribution is 2.31. The topological polar surface area (TPSA) is 49.8 Å². The minimum absolute atomic E-state index is 0.205. The van der Waals surface area contributed by atoms with Crippen molar-refractivity contribution in [1.82, 2.24) is 0 Å². The Morgan fingerprint density at radius 1 is 1.52 bits per heavy atom. The molecule has 0 aromatic heterocycles. The van der Waals surface area contributed by atoms with Gasteiger partial charge < -0.3 is 14.7 Å². The minimum atomic E-state index is -0.973. The predicted octanol–water partition coefficient (Wildman–Crippen LogP) is 3.44. The molecule has 1 atom stereocenters. The van der Waals surface area contributed by atoms with Crippen molar-refractivity contribution < 1.29 is 14.6 Å². The van der Waals surface area contributed by atoms with Crippen LogP contribution in [0, 0.1) is 0 Å². The molecule has 1 N–H and O–H groups in total. The lowest BCUT2D eigenvalue weighted by Crippen LogP contribution is -2.33. The summed E-state index contributed by atoms with van der Waals surface area (Å²) in [4.78, 5) is 12.7. The summed E-state index contributed by atoms with van der Waals surface area (Å²) in [6.45, 7) is 1.56. The second-order valence-corrected chi connectivity index (χ2v) is 5.63. The molecular formula is C16H20ClNO3. The first-order valence-corrected chi connectivity index (χ1v) is 7.48. The summed E-state index contributed by atoms with van der Waals surface area (Å²) in [6.07, 6.45) is 6.26. The fourth-order valence-corrected chi connectivity index (χ4v) is 2.90. The van der Waals surface area contributed by atoms with Crippen molar-refractivity contribution in [3.05, 3.63) is 34.9 Å². The Kier molecular flexibility index (Phi) is 5.65. The first-order valence-electron chi connectivity index (χ1n) is 7.10. The Hall–Kier alpha value is -1.52. The molecule has 0 bridgehead atoms. The van der Waals surface area contributed by atoms with E-state index in [-0.39, 0.29) is 6.10 Å². The maximum atomic E-state index is 10.7. The summed E-state index contributed by atoms with van der Waals surface area (Å²) in [7, 11) is 1.96. The van der Waals surface area contributed by atoms with Gasteiger partial charge in [0.1, 0.15) is 0 Å². The maximum absolute atomic E-state index is 10.7. The fourth-order valence-electron chi connectivity index (χ4n) is 2.58. The average Bonchev–Trinajstić information content (AvgIpc) is 2.46. The number of hydrogen-bond donors (Lipinski definition) is 1. The van der Waals surface area contributed by atoms with Crippen molar-refractivity contribution in [2.75, 3.05) is 25.1 Å². The molecule has 0 saturated carbocycles. The van der Waals surface area contributed by atoms with Crippen LogP contribution in [-0.2, 0) is 9.53 Å². The van der Waals surface area contributed by atoms with Crippen LogP contribution in [0.3, 0.4) is 0 Å². The summed E-state index contributed by atoms with van der Waals surface area (Å²) >= 11 is 6.29. The van der Waals surface area contributed by atoms with Crippen LogP contribution in [0.4, 0.5) is 5.69 Å². The summed E-state index contributed by atoms with van der Waals surface area (Å²) < 4.78 is 5.75. The Balaban J connectivity index is 2.18. The Bertz CT molecular complexity index is 524. The molecule has 0 radical (unpaired) electrons. The van der Waals surface area contributed by atoms with E-state index in [4.69, 9.17) is 21.4 Å². The fraction of sp³-hybridized carbons (Fsp3) is 0.438.